The van der Waals surface area contributed by atoms with Crippen LogP contribution in [0.1, 0.15) is 19.8 Å². The van der Waals surface area contributed by atoms with E-state index in [9.17, 15) is 22.0 Å². The van der Waals surface area contributed by atoms with E-state index in [0.717, 1.165) is 6.07 Å². The van der Waals surface area contributed by atoms with Gasteiger partial charge < -0.3 is 5.11 Å². The quantitative estimate of drug-likeness (QED) is 0.832. The topological polar surface area (TPSA) is 83.5 Å². The van der Waals surface area contributed by atoms with E-state index < -0.39 is 38.6 Å². The van der Waals surface area contributed by atoms with Gasteiger partial charge in [-0.3, -0.25) is 4.79 Å². The molecule has 2 N–H and O–H groups in total. The van der Waals surface area contributed by atoms with Crippen LogP contribution in [0.15, 0.2) is 23.1 Å². The Morgan fingerprint density at radius 2 is 2.05 bits per heavy atom. The Labute approximate surface area is 109 Å². The molecule has 0 aromatic heterocycles. The average molecular weight is 293 g/mol. The second-order valence-electron chi connectivity index (χ2n) is 3.88. The summed E-state index contributed by atoms with van der Waals surface area (Å²) >= 11 is 0. The van der Waals surface area contributed by atoms with E-state index in [1.807, 2.05) is 4.72 Å². The molecule has 0 radical (unpaired) electrons. The van der Waals surface area contributed by atoms with Crippen molar-refractivity contribution in [3.63, 3.8) is 0 Å². The molecule has 1 atom stereocenters. The second kappa shape index (κ2) is 6.07. The number of nitrogens with one attached hydrogen (secondary N) is 1. The molecule has 0 unspecified atom stereocenters. The van der Waals surface area contributed by atoms with Gasteiger partial charge in [0.2, 0.25) is 10.0 Å². The SMILES string of the molecule is CCC[C@H](NS(=O)(=O)c1cc(F)ccc1F)C(=O)O. The van der Waals surface area contributed by atoms with Crippen LogP contribution in [0.2, 0.25) is 0 Å². The van der Waals surface area contributed by atoms with Crippen molar-refractivity contribution < 1.29 is 27.1 Å². The minimum Gasteiger partial charge on any atom is -0.480 e. The fraction of sp³-hybridized carbons (Fsp3) is 0.364. The van der Waals surface area contributed by atoms with Crippen LogP contribution in [0.3, 0.4) is 0 Å². The molecule has 106 valence electrons. The zero-order valence-corrected chi connectivity index (χ0v) is 10.9. The van der Waals surface area contributed by atoms with Gasteiger partial charge in [-0.15, -0.1) is 0 Å². The van der Waals surface area contributed by atoms with Crippen molar-refractivity contribution in [3.05, 3.63) is 29.8 Å². The van der Waals surface area contributed by atoms with Gasteiger partial charge >= 0.3 is 5.97 Å². The van der Waals surface area contributed by atoms with Crippen molar-refractivity contribution in [2.45, 2.75) is 30.7 Å². The summed E-state index contributed by atoms with van der Waals surface area (Å²) in [4.78, 5) is 9.95. The Morgan fingerprint density at radius 1 is 1.42 bits per heavy atom. The third kappa shape index (κ3) is 3.97. The first-order valence-corrected chi connectivity index (χ1v) is 6.96. The number of carbonyl (C=O) groups is 1. The van der Waals surface area contributed by atoms with Crippen molar-refractivity contribution in [2.75, 3.05) is 0 Å². The molecule has 0 heterocycles. The van der Waals surface area contributed by atoms with Gasteiger partial charge in [-0.05, 0) is 24.6 Å². The van der Waals surface area contributed by atoms with E-state index in [1.54, 1.807) is 6.92 Å². The first-order valence-electron chi connectivity index (χ1n) is 5.48. The van der Waals surface area contributed by atoms with Crippen LogP contribution in [-0.2, 0) is 14.8 Å². The zero-order chi connectivity index (χ0) is 14.6. The minimum absolute atomic E-state index is 0.0471. The number of sulfonamides is 1. The number of rotatable bonds is 6. The largest absolute Gasteiger partial charge is 0.480 e. The highest BCUT2D eigenvalue weighted by molar-refractivity contribution is 7.89. The van der Waals surface area contributed by atoms with Gasteiger partial charge in [0.25, 0.3) is 0 Å². The highest BCUT2D eigenvalue weighted by Crippen LogP contribution is 2.16. The first-order chi connectivity index (χ1) is 8.77. The molecule has 0 saturated heterocycles. The van der Waals surface area contributed by atoms with E-state index in [0.29, 0.717) is 18.6 Å². The standard InChI is InChI=1S/C11H13F2NO4S/c1-2-3-9(11(15)16)14-19(17,18)10-6-7(12)4-5-8(10)13/h4-6,9,14H,2-3H2,1H3,(H,15,16)/t9-/m0/s1. The average Bonchev–Trinajstić information content (AvgIpc) is 2.31. The Hall–Kier alpha value is -1.54. The minimum atomic E-state index is -4.43. The van der Waals surface area contributed by atoms with Crippen molar-refractivity contribution in [1.29, 1.82) is 0 Å². The highest BCUT2D eigenvalue weighted by atomic mass is 32.2. The maximum atomic E-state index is 13.4. The monoisotopic (exact) mass is 293 g/mol. The normalized spacial score (nSPS) is 13.2. The predicted molar refractivity (Wildman–Crippen MR) is 63.0 cm³/mol. The molecule has 0 spiro atoms. The lowest BCUT2D eigenvalue weighted by Gasteiger charge is -2.14. The summed E-state index contributed by atoms with van der Waals surface area (Å²) in [5, 5.41) is 8.84. The van der Waals surface area contributed by atoms with E-state index in [4.69, 9.17) is 5.11 Å². The van der Waals surface area contributed by atoms with Gasteiger partial charge in [0, 0.05) is 0 Å². The number of benzene rings is 1. The van der Waals surface area contributed by atoms with Crippen molar-refractivity contribution in [2.24, 2.45) is 0 Å². The molecular weight excluding hydrogens is 280 g/mol. The Bertz CT molecular complexity index is 574. The molecule has 0 aliphatic carbocycles. The zero-order valence-electron chi connectivity index (χ0n) is 10.1. The summed E-state index contributed by atoms with van der Waals surface area (Å²) in [7, 11) is -4.43. The summed E-state index contributed by atoms with van der Waals surface area (Å²) in [6.45, 7) is 1.67. The van der Waals surface area contributed by atoms with E-state index >= 15 is 0 Å². The Kier molecular flexibility index (Phi) is 4.96. The summed E-state index contributed by atoms with van der Waals surface area (Å²) in [5.74, 6) is -3.44. The van der Waals surface area contributed by atoms with E-state index in [-0.39, 0.29) is 6.42 Å². The number of aliphatic carboxylic acids is 1. The maximum absolute atomic E-state index is 13.4. The summed E-state index contributed by atoms with van der Waals surface area (Å²) in [6.07, 6.45) is 0.469. The lowest BCUT2D eigenvalue weighted by molar-refractivity contribution is -0.139. The van der Waals surface area contributed by atoms with Crippen LogP contribution < -0.4 is 4.72 Å². The molecule has 19 heavy (non-hydrogen) atoms. The first kappa shape index (κ1) is 15.5. The van der Waals surface area contributed by atoms with Crippen LogP contribution in [0.4, 0.5) is 8.78 Å². The van der Waals surface area contributed by atoms with Crippen molar-refractivity contribution in [3.8, 4) is 0 Å². The molecular formula is C11H13F2NO4S. The summed E-state index contributed by atoms with van der Waals surface area (Å²) in [6, 6.07) is 0.564. The Morgan fingerprint density at radius 3 is 2.58 bits per heavy atom. The third-order valence-electron chi connectivity index (χ3n) is 2.36. The molecule has 1 aromatic carbocycles. The van der Waals surface area contributed by atoms with E-state index in [1.165, 1.54) is 0 Å². The van der Waals surface area contributed by atoms with Crippen LogP contribution in [-0.4, -0.2) is 25.5 Å². The molecule has 1 rings (SSSR count). The molecule has 0 fully saturated rings. The lowest BCUT2D eigenvalue weighted by atomic mass is 10.2. The van der Waals surface area contributed by atoms with Gasteiger partial charge in [-0.2, -0.15) is 4.72 Å². The Balaban J connectivity index is 3.10. The number of halogens is 2. The fourth-order valence-electron chi connectivity index (χ4n) is 1.46. The molecule has 0 aliphatic rings. The number of carboxylic acid groups (broad SMARTS) is 1. The van der Waals surface area contributed by atoms with Crippen LogP contribution in [0.5, 0.6) is 0 Å². The van der Waals surface area contributed by atoms with Crippen LogP contribution in [0, 0.1) is 11.6 Å². The maximum Gasteiger partial charge on any atom is 0.321 e. The third-order valence-corrected chi connectivity index (χ3v) is 3.84. The molecule has 0 amide bonds. The van der Waals surface area contributed by atoms with Crippen molar-refractivity contribution >= 4 is 16.0 Å². The molecule has 1 aromatic rings. The molecule has 0 bridgehead atoms. The second-order valence-corrected chi connectivity index (χ2v) is 5.56. The smallest absolute Gasteiger partial charge is 0.321 e. The summed E-state index contributed by atoms with van der Waals surface area (Å²) in [5.41, 5.74) is 0. The predicted octanol–water partition coefficient (Wildman–Crippen LogP) is 1.50. The van der Waals surface area contributed by atoms with Gasteiger partial charge in [0.05, 0.1) is 0 Å². The van der Waals surface area contributed by atoms with Crippen LogP contribution >= 0.6 is 0 Å². The number of hydrogen-bond acceptors (Lipinski definition) is 3. The van der Waals surface area contributed by atoms with E-state index in [2.05, 4.69) is 0 Å². The lowest BCUT2D eigenvalue weighted by Crippen LogP contribution is -2.40. The molecule has 0 aliphatic heterocycles. The fourth-order valence-corrected chi connectivity index (χ4v) is 2.77. The number of hydrogen-bond donors (Lipinski definition) is 2. The van der Waals surface area contributed by atoms with Crippen molar-refractivity contribution in [1.82, 2.24) is 4.72 Å². The van der Waals surface area contributed by atoms with Crippen LogP contribution in [0.25, 0.3) is 0 Å². The molecule has 0 saturated carbocycles. The van der Waals surface area contributed by atoms with Gasteiger partial charge in [0.1, 0.15) is 22.6 Å². The molecule has 5 nitrogen and oxygen atoms in total. The van der Waals surface area contributed by atoms with Gasteiger partial charge in [-0.25, -0.2) is 17.2 Å². The number of carboxylic acids is 1. The highest BCUT2D eigenvalue weighted by Gasteiger charge is 2.27. The van der Waals surface area contributed by atoms with Gasteiger partial charge in [0.15, 0.2) is 0 Å². The van der Waals surface area contributed by atoms with Gasteiger partial charge in [-0.1, -0.05) is 13.3 Å². The summed E-state index contributed by atoms with van der Waals surface area (Å²) < 4.78 is 51.8. The molecule has 8 heteroatoms.